The summed E-state index contributed by atoms with van der Waals surface area (Å²) in [5, 5.41) is 3.39. The van der Waals surface area contributed by atoms with E-state index in [0.29, 0.717) is 27.8 Å². The van der Waals surface area contributed by atoms with Crippen molar-refractivity contribution in [2.24, 2.45) is 0 Å². The van der Waals surface area contributed by atoms with E-state index in [-0.39, 0.29) is 12.5 Å². The lowest BCUT2D eigenvalue weighted by atomic mass is 10.1. The lowest BCUT2D eigenvalue weighted by molar-refractivity contribution is -0.139. The van der Waals surface area contributed by atoms with Gasteiger partial charge in [0.05, 0.1) is 22.0 Å². The maximum absolute atomic E-state index is 13.4. The summed E-state index contributed by atoms with van der Waals surface area (Å²) in [6, 6.07) is 11.1. The number of aryl methyl sites for hydroxylation is 1. The van der Waals surface area contributed by atoms with Crippen molar-refractivity contribution in [2.45, 2.75) is 39.8 Å². The van der Waals surface area contributed by atoms with E-state index < -0.39 is 28.5 Å². The fraction of sp³-hybridized carbons (Fsp3) is 0.391. The molecule has 0 spiro atoms. The summed E-state index contributed by atoms with van der Waals surface area (Å²) < 4.78 is 26.1. The normalized spacial score (nSPS) is 12.2. The van der Waals surface area contributed by atoms with Gasteiger partial charge in [-0.2, -0.15) is 0 Å². The molecule has 33 heavy (non-hydrogen) atoms. The van der Waals surface area contributed by atoms with Gasteiger partial charge in [0.1, 0.15) is 12.6 Å². The fourth-order valence-electron chi connectivity index (χ4n) is 3.25. The lowest BCUT2D eigenvalue weighted by Gasteiger charge is -2.31. The Kier molecular flexibility index (Phi) is 9.57. The van der Waals surface area contributed by atoms with Crippen LogP contribution in [0, 0.1) is 0 Å². The largest absolute Gasteiger partial charge is 0.355 e. The standard InChI is InChI=1S/C23H29Cl2N3O4S/c1-5-17-7-10-19(11-8-17)28(33(4,31)32)15-22(29)27(16(3)23(30)26-6-2)14-18-9-12-20(24)21(25)13-18/h7-13,16H,5-6,14-15H2,1-4H3,(H,26,30). The van der Waals surface area contributed by atoms with Crippen LogP contribution in [0.4, 0.5) is 5.69 Å². The van der Waals surface area contributed by atoms with Gasteiger partial charge in [-0.15, -0.1) is 0 Å². The Balaban J connectivity index is 2.39. The van der Waals surface area contributed by atoms with E-state index in [9.17, 15) is 18.0 Å². The second-order valence-electron chi connectivity index (χ2n) is 7.63. The number of amides is 2. The number of carbonyl (C=O) groups excluding carboxylic acids is 2. The smallest absolute Gasteiger partial charge is 0.244 e. The van der Waals surface area contributed by atoms with Crippen LogP contribution in [0.3, 0.4) is 0 Å². The Morgan fingerprint density at radius 1 is 1.00 bits per heavy atom. The molecule has 180 valence electrons. The molecular formula is C23H29Cl2N3O4S. The summed E-state index contributed by atoms with van der Waals surface area (Å²) in [6.45, 7) is 5.38. The predicted octanol–water partition coefficient (Wildman–Crippen LogP) is 3.88. The van der Waals surface area contributed by atoms with Crippen LogP contribution < -0.4 is 9.62 Å². The highest BCUT2D eigenvalue weighted by atomic mass is 35.5. The first kappa shape index (κ1) is 27.0. The number of rotatable bonds is 10. The highest BCUT2D eigenvalue weighted by molar-refractivity contribution is 7.92. The molecule has 0 radical (unpaired) electrons. The Morgan fingerprint density at radius 2 is 1.61 bits per heavy atom. The third-order valence-electron chi connectivity index (χ3n) is 5.17. The highest BCUT2D eigenvalue weighted by Gasteiger charge is 2.30. The van der Waals surface area contributed by atoms with Gasteiger partial charge < -0.3 is 10.2 Å². The molecule has 0 aliphatic carbocycles. The number of hydrogen-bond donors (Lipinski definition) is 1. The molecule has 1 atom stereocenters. The van der Waals surface area contributed by atoms with Crippen LogP contribution in [0.2, 0.25) is 10.0 Å². The molecule has 7 nitrogen and oxygen atoms in total. The van der Waals surface area contributed by atoms with Crippen molar-refractivity contribution < 1.29 is 18.0 Å². The molecular weight excluding hydrogens is 485 g/mol. The highest BCUT2D eigenvalue weighted by Crippen LogP contribution is 2.24. The van der Waals surface area contributed by atoms with Crippen molar-refractivity contribution in [3.63, 3.8) is 0 Å². The van der Waals surface area contributed by atoms with Gasteiger partial charge in [0.2, 0.25) is 21.8 Å². The van der Waals surface area contributed by atoms with Crippen LogP contribution in [0.5, 0.6) is 0 Å². The van der Waals surface area contributed by atoms with Gasteiger partial charge in [0.15, 0.2) is 0 Å². The van der Waals surface area contributed by atoms with Crippen molar-refractivity contribution in [3.05, 3.63) is 63.6 Å². The van der Waals surface area contributed by atoms with Crippen molar-refractivity contribution >= 4 is 50.7 Å². The minimum atomic E-state index is -3.76. The van der Waals surface area contributed by atoms with Crippen LogP contribution in [0.15, 0.2) is 42.5 Å². The first-order valence-electron chi connectivity index (χ1n) is 10.6. The molecule has 0 saturated carbocycles. The monoisotopic (exact) mass is 513 g/mol. The number of carbonyl (C=O) groups is 2. The molecule has 0 fully saturated rings. The number of likely N-dealkylation sites (N-methyl/N-ethyl adjacent to an activating group) is 1. The topological polar surface area (TPSA) is 86.8 Å². The molecule has 0 aliphatic heterocycles. The fourth-order valence-corrected chi connectivity index (χ4v) is 4.42. The Morgan fingerprint density at radius 3 is 2.12 bits per heavy atom. The molecule has 0 aromatic heterocycles. The second kappa shape index (κ2) is 11.7. The van der Waals surface area contributed by atoms with E-state index in [2.05, 4.69) is 5.32 Å². The first-order chi connectivity index (χ1) is 15.5. The van der Waals surface area contributed by atoms with Gasteiger partial charge in [-0.3, -0.25) is 13.9 Å². The average molecular weight is 514 g/mol. The summed E-state index contributed by atoms with van der Waals surface area (Å²) in [7, 11) is -3.76. The number of halogens is 2. The minimum Gasteiger partial charge on any atom is -0.355 e. The third kappa shape index (κ3) is 7.35. The summed E-state index contributed by atoms with van der Waals surface area (Å²) in [6.07, 6.45) is 1.85. The van der Waals surface area contributed by atoms with E-state index in [1.165, 1.54) is 4.90 Å². The number of nitrogens with one attached hydrogen (secondary N) is 1. The zero-order chi connectivity index (χ0) is 24.8. The van der Waals surface area contributed by atoms with E-state index in [1.54, 1.807) is 44.2 Å². The summed E-state index contributed by atoms with van der Waals surface area (Å²) >= 11 is 12.1. The SMILES string of the molecule is CCNC(=O)C(C)N(Cc1ccc(Cl)c(Cl)c1)C(=O)CN(c1ccc(CC)cc1)S(C)(=O)=O. The van der Waals surface area contributed by atoms with E-state index in [1.807, 2.05) is 19.1 Å². The van der Waals surface area contributed by atoms with Crippen LogP contribution in [-0.4, -0.2) is 50.5 Å². The van der Waals surface area contributed by atoms with Crippen LogP contribution in [0.25, 0.3) is 0 Å². The number of anilines is 1. The molecule has 0 bridgehead atoms. The minimum absolute atomic E-state index is 0.0560. The quantitative estimate of drug-likeness (QED) is 0.522. The van der Waals surface area contributed by atoms with Crippen LogP contribution in [-0.2, 0) is 32.6 Å². The van der Waals surface area contributed by atoms with Crippen molar-refractivity contribution in [2.75, 3.05) is 23.7 Å². The molecule has 1 N–H and O–H groups in total. The molecule has 2 rings (SSSR count). The Labute approximate surface area is 205 Å². The average Bonchev–Trinajstić information content (AvgIpc) is 2.77. The molecule has 0 saturated heterocycles. The van der Waals surface area contributed by atoms with E-state index in [0.717, 1.165) is 22.5 Å². The van der Waals surface area contributed by atoms with Crippen LogP contribution >= 0.6 is 23.2 Å². The van der Waals surface area contributed by atoms with Gasteiger partial charge in [0.25, 0.3) is 0 Å². The van der Waals surface area contributed by atoms with Gasteiger partial charge >= 0.3 is 0 Å². The summed E-state index contributed by atoms with van der Waals surface area (Å²) in [4.78, 5) is 27.3. The summed E-state index contributed by atoms with van der Waals surface area (Å²) in [5.74, 6) is -0.867. The molecule has 1 unspecified atom stereocenters. The summed E-state index contributed by atoms with van der Waals surface area (Å²) in [5.41, 5.74) is 2.08. The zero-order valence-electron chi connectivity index (χ0n) is 19.1. The van der Waals surface area contributed by atoms with Gasteiger partial charge in [-0.1, -0.05) is 48.3 Å². The van der Waals surface area contributed by atoms with E-state index in [4.69, 9.17) is 23.2 Å². The number of nitrogens with zero attached hydrogens (tertiary/aromatic N) is 2. The molecule has 2 amide bonds. The maximum Gasteiger partial charge on any atom is 0.244 e. The number of hydrogen-bond acceptors (Lipinski definition) is 4. The number of benzene rings is 2. The molecule has 0 aliphatic rings. The number of sulfonamides is 1. The molecule has 0 heterocycles. The van der Waals surface area contributed by atoms with Gasteiger partial charge in [-0.25, -0.2) is 8.42 Å². The molecule has 2 aromatic carbocycles. The first-order valence-corrected chi connectivity index (χ1v) is 13.2. The van der Waals surface area contributed by atoms with Crippen molar-refractivity contribution in [1.29, 1.82) is 0 Å². The predicted molar refractivity (Wildman–Crippen MR) is 133 cm³/mol. The van der Waals surface area contributed by atoms with Crippen molar-refractivity contribution in [3.8, 4) is 0 Å². The molecule has 10 heteroatoms. The van der Waals surface area contributed by atoms with Gasteiger partial charge in [-0.05, 0) is 55.7 Å². The molecule has 2 aromatic rings. The Hall–Kier alpha value is -2.29. The van der Waals surface area contributed by atoms with E-state index >= 15 is 0 Å². The maximum atomic E-state index is 13.4. The van der Waals surface area contributed by atoms with Gasteiger partial charge in [0, 0.05) is 13.1 Å². The zero-order valence-corrected chi connectivity index (χ0v) is 21.5. The van der Waals surface area contributed by atoms with Crippen molar-refractivity contribution in [1.82, 2.24) is 10.2 Å². The van der Waals surface area contributed by atoms with Crippen LogP contribution in [0.1, 0.15) is 31.9 Å². The lowest BCUT2D eigenvalue weighted by Crippen LogP contribution is -2.51. The second-order valence-corrected chi connectivity index (χ2v) is 10.4. The Bertz CT molecular complexity index is 1090. The third-order valence-corrected chi connectivity index (χ3v) is 7.05.